The van der Waals surface area contributed by atoms with E-state index in [0.717, 1.165) is 5.56 Å². The Morgan fingerprint density at radius 1 is 1.08 bits per heavy atom. The summed E-state index contributed by atoms with van der Waals surface area (Å²) in [6.45, 7) is 0. The molecule has 0 saturated heterocycles. The van der Waals surface area contributed by atoms with E-state index < -0.39 is 10.9 Å². The quantitative estimate of drug-likeness (QED) is 0.324. The van der Waals surface area contributed by atoms with Gasteiger partial charge in [0.2, 0.25) is 0 Å². The number of phenolic OH excluding ortho intramolecular Hbond substituents is 2. The smallest absolute Gasteiger partial charge is 0.331 e. The van der Waals surface area contributed by atoms with Crippen molar-refractivity contribution in [3.63, 3.8) is 0 Å². The Bertz CT molecular complexity index is 795. The summed E-state index contributed by atoms with van der Waals surface area (Å²) >= 11 is 0. The molecule has 0 unspecified atom stereocenters. The van der Waals surface area contributed by atoms with Gasteiger partial charge in [-0.3, -0.25) is 10.1 Å². The first-order valence-electron chi connectivity index (χ1n) is 7.06. The third kappa shape index (κ3) is 4.33. The Morgan fingerprint density at radius 2 is 1.75 bits per heavy atom. The van der Waals surface area contributed by atoms with Gasteiger partial charge in [0, 0.05) is 17.7 Å². The van der Waals surface area contributed by atoms with E-state index in [1.54, 1.807) is 12.1 Å². The Morgan fingerprint density at radius 3 is 2.29 bits per heavy atom. The number of benzene rings is 2. The van der Waals surface area contributed by atoms with Crippen LogP contribution in [0.1, 0.15) is 17.5 Å². The van der Waals surface area contributed by atoms with Gasteiger partial charge in [0.05, 0.1) is 4.92 Å². The monoisotopic (exact) mass is 329 g/mol. The van der Waals surface area contributed by atoms with Gasteiger partial charge < -0.3 is 15.3 Å². The van der Waals surface area contributed by atoms with E-state index in [2.05, 4.69) is 0 Å². The first-order valence-corrected chi connectivity index (χ1v) is 7.06. The zero-order valence-corrected chi connectivity index (χ0v) is 12.5. The highest BCUT2D eigenvalue weighted by molar-refractivity contribution is 5.92. The van der Waals surface area contributed by atoms with Crippen molar-refractivity contribution in [3.8, 4) is 11.5 Å². The third-order valence-corrected chi connectivity index (χ3v) is 3.45. The number of aryl methyl sites for hydroxylation is 1. The van der Waals surface area contributed by atoms with Crippen molar-refractivity contribution in [1.82, 2.24) is 0 Å². The molecular weight excluding hydrogens is 314 g/mol. The van der Waals surface area contributed by atoms with Crippen LogP contribution < -0.4 is 0 Å². The van der Waals surface area contributed by atoms with Gasteiger partial charge >= 0.3 is 5.97 Å². The minimum Gasteiger partial charge on any atom is -0.504 e. The van der Waals surface area contributed by atoms with Crippen molar-refractivity contribution in [3.05, 3.63) is 69.3 Å². The maximum Gasteiger partial charge on any atom is 0.331 e. The van der Waals surface area contributed by atoms with Gasteiger partial charge in [-0.15, -0.1) is 0 Å². The molecule has 0 bridgehead atoms. The minimum absolute atomic E-state index is 0.0210. The predicted molar refractivity (Wildman–Crippen MR) is 86.8 cm³/mol. The van der Waals surface area contributed by atoms with Gasteiger partial charge in [-0.05, 0) is 42.2 Å². The molecule has 0 aromatic heterocycles. The number of carbonyl (C=O) groups is 1. The fourth-order valence-electron chi connectivity index (χ4n) is 2.14. The van der Waals surface area contributed by atoms with Crippen LogP contribution >= 0.6 is 0 Å². The second-order valence-corrected chi connectivity index (χ2v) is 5.15. The largest absolute Gasteiger partial charge is 0.504 e. The first-order chi connectivity index (χ1) is 11.4. The molecule has 124 valence electrons. The van der Waals surface area contributed by atoms with E-state index in [4.69, 9.17) is 0 Å². The molecule has 2 aromatic rings. The number of hydrogen-bond donors (Lipinski definition) is 3. The predicted octanol–water partition coefficient (Wildman–Crippen LogP) is 3.11. The van der Waals surface area contributed by atoms with E-state index in [0.29, 0.717) is 12.0 Å². The van der Waals surface area contributed by atoms with E-state index in [9.17, 15) is 30.2 Å². The standard InChI is InChI=1S/C17H15NO6/c19-15-8-4-12(10-16(15)20)9-13(17(21)22)5-1-11-2-6-14(7-3-11)18(23)24/h2-4,6-10,19-20H,1,5H2,(H,21,22)/b13-9+. The van der Waals surface area contributed by atoms with E-state index in [1.165, 1.54) is 36.4 Å². The lowest BCUT2D eigenvalue weighted by Crippen LogP contribution is -2.02. The van der Waals surface area contributed by atoms with Crippen LogP contribution in [0.15, 0.2) is 48.0 Å². The van der Waals surface area contributed by atoms with Crippen molar-refractivity contribution < 1.29 is 25.0 Å². The summed E-state index contributed by atoms with van der Waals surface area (Å²) in [5.74, 6) is -1.71. The van der Waals surface area contributed by atoms with Crippen LogP contribution in [0.2, 0.25) is 0 Å². The second-order valence-electron chi connectivity index (χ2n) is 5.15. The molecule has 0 aliphatic rings. The van der Waals surface area contributed by atoms with Gasteiger partial charge in [-0.25, -0.2) is 4.79 Å². The van der Waals surface area contributed by atoms with Gasteiger partial charge in [-0.1, -0.05) is 18.2 Å². The first kappa shape index (κ1) is 17.0. The molecule has 0 atom stereocenters. The van der Waals surface area contributed by atoms with E-state index >= 15 is 0 Å². The van der Waals surface area contributed by atoms with Crippen LogP contribution in [-0.2, 0) is 11.2 Å². The number of carboxylic acids is 1. The average molecular weight is 329 g/mol. The minimum atomic E-state index is -1.09. The second kappa shape index (κ2) is 7.28. The van der Waals surface area contributed by atoms with Crippen LogP contribution in [0.25, 0.3) is 6.08 Å². The zero-order valence-electron chi connectivity index (χ0n) is 12.5. The summed E-state index contributed by atoms with van der Waals surface area (Å²) in [6, 6.07) is 9.95. The summed E-state index contributed by atoms with van der Waals surface area (Å²) in [7, 11) is 0. The lowest BCUT2D eigenvalue weighted by Gasteiger charge is -2.05. The molecule has 2 rings (SSSR count). The maximum atomic E-state index is 11.4. The summed E-state index contributed by atoms with van der Waals surface area (Å²) in [6.07, 6.45) is 2.03. The fraction of sp³-hybridized carbons (Fsp3) is 0.118. The number of nitrogens with zero attached hydrogens (tertiary/aromatic N) is 1. The van der Waals surface area contributed by atoms with Crippen molar-refractivity contribution in [2.45, 2.75) is 12.8 Å². The molecule has 24 heavy (non-hydrogen) atoms. The Balaban J connectivity index is 2.13. The summed E-state index contributed by atoms with van der Waals surface area (Å²) < 4.78 is 0. The summed E-state index contributed by atoms with van der Waals surface area (Å²) in [4.78, 5) is 21.5. The van der Waals surface area contributed by atoms with Gasteiger partial charge in [0.25, 0.3) is 5.69 Å². The number of nitro benzene ring substituents is 1. The van der Waals surface area contributed by atoms with Crippen molar-refractivity contribution in [1.29, 1.82) is 0 Å². The van der Waals surface area contributed by atoms with Crippen molar-refractivity contribution >= 4 is 17.7 Å². The van der Waals surface area contributed by atoms with Crippen molar-refractivity contribution in [2.24, 2.45) is 0 Å². The molecule has 0 amide bonds. The molecule has 0 heterocycles. The molecule has 0 radical (unpaired) electrons. The summed E-state index contributed by atoms with van der Waals surface area (Å²) in [5, 5.41) is 38.6. The van der Waals surface area contributed by atoms with E-state index in [1.807, 2.05) is 0 Å². The topological polar surface area (TPSA) is 121 Å². The molecule has 7 heteroatoms. The summed E-state index contributed by atoms with van der Waals surface area (Å²) in [5.41, 5.74) is 1.33. The molecular formula is C17H15NO6. The van der Waals surface area contributed by atoms with Crippen LogP contribution in [0.4, 0.5) is 5.69 Å². The number of aromatic hydroxyl groups is 2. The number of aliphatic carboxylic acids is 1. The van der Waals surface area contributed by atoms with Crippen molar-refractivity contribution in [2.75, 3.05) is 0 Å². The third-order valence-electron chi connectivity index (χ3n) is 3.45. The van der Waals surface area contributed by atoms with Crippen LogP contribution in [0.3, 0.4) is 0 Å². The number of non-ortho nitro benzene ring substituents is 1. The molecule has 0 fully saturated rings. The van der Waals surface area contributed by atoms with Crippen LogP contribution in [0.5, 0.6) is 11.5 Å². The van der Waals surface area contributed by atoms with Gasteiger partial charge in [0.1, 0.15) is 0 Å². The Labute approximate surface area is 137 Å². The number of carboxylic acid groups (broad SMARTS) is 1. The molecule has 2 aromatic carbocycles. The molecule has 0 spiro atoms. The van der Waals surface area contributed by atoms with Gasteiger partial charge in [-0.2, -0.15) is 0 Å². The van der Waals surface area contributed by atoms with Crippen LogP contribution in [0, 0.1) is 10.1 Å². The highest BCUT2D eigenvalue weighted by Gasteiger charge is 2.10. The molecule has 0 saturated carbocycles. The number of hydrogen-bond acceptors (Lipinski definition) is 5. The molecule has 3 N–H and O–H groups in total. The van der Waals surface area contributed by atoms with Gasteiger partial charge in [0.15, 0.2) is 11.5 Å². The van der Waals surface area contributed by atoms with Crippen LogP contribution in [-0.4, -0.2) is 26.2 Å². The number of phenols is 2. The normalized spacial score (nSPS) is 11.2. The molecule has 0 aliphatic carbocycles. The Hall–Kier alpha value is -3.35. The Kier molecular flexibility index (Phi) is 5.16. The zero-order chi connectivity index (χ0) is 17.7. The lowest BCUT2D eigenvalue weighted by molar-refractivity contribution is -0.384. The molecule has 7 nitrogen and oxygen atoms in total. The maximum absolute atomic E-state index is 11.4. The number of nitro groups is 1. The fourth-order valence-corrected chi connectivity index (χ4v) is 2.14. The highest BCUT2D eigenvalue weighted by Crippen LogP contribution is 2.26. The van der Waals surface area contributed by atoms with E-state index in [-0.39, 0.29) is 29.2 Å². The molecule has 0 aliphatic heterocycles. The lowest BCUT2D eigenvalue weighted by atomic mass is 10.0. The average Bonchev–Trinajstić information content (AvgIpc) is 2.54. The number of rotatable bonds is 6. The SMILES string of the molecule is O=C(O)/C(=C/c1ccc(O)c(O)c1)CCc1ccc([N+](=O)[O-])cc1. The highest BCUT2D eigenvalue weighted by atomic mass is 16.6.